The molecule has 0 bridgehead atoms. The first kappa shape index (κ1) is 21.4. The molecule has 3 aromatic rings. The number of nitrogens with one attached hydrogen (secondary N) is 1. The summed E-state index contributed by atoms with van der Waals surface area (Å²) in [5.41, 5.74) is -0.363. The number of halogens is 3. The van der Waals surface area contributed by atoms with Gasteiger partial charge >= 0.3 is 6.18 Å². The summed E-state index contributed by atoms with van der Waals surface area (Å²) >= 11 is 0. The second-order valence-corrected chi connectivity index (χ2v) is 6.58. The Kier molecular flexibility index (Phi) is 6.78. The lowest BCUT2D eigenvalue weighted by Gasteiger charge is -2.17. The van der Waals surface area contributed by atoms with Gasteiger partial charge in [-0.05, 0) is 23.3 Å². The zero-order valence-electron chi connectivity index (χ0n) is 15.9. The highest BCUT2D eigenvalue weighted by atomic mass is 19.4. The van der Waals surface area contributed by atoms with Gasteiger partial charge in [0.2, 0.25) is 11.7 Å². The number of aliphatic hydroxyl groups is 1. The molecule has 2 aromatic carbocycles. The Hall–Kier alpha value is -3.27. The van der Waals surface area contributed by atoms with E-state index >= 15 is 0 Å². The molecular weight excluding hydrogens is 399 g/mol. The quantitative estimate of drug-likeness (QED) is 0.586. The Balaban J connectivity index is 1.45. The van der Waals surface area contributed by atoms with E-state index in [0.29, 0.717) is 18.8 Å². The molecule has 30 heavy (non-hydrogen) atoms. The number of aliphatic hydroxyl groups excluding tert-OH is 1. The van der Waals surface area contributed by atoms with Gasteiger partial charge in [-0.2, -0.15) is 18.0 Å². The van der Waals surface area contributed by atoms with Crippen LogP contribution in [0.5, 0.6) is 0 Å². The molecule has 1 unspecified atom stereocenters. The Morgan fingerprint density at radius 3 is 2.53 bits per heavy atom. The number of tetrazole rings is 1. The first-order valence-corrected chi connectivity index (χ1v) is 9.28. The van der Waals surface area contributed by atoms with Gasteiger partial charge in [0.25, 0.3) is 0 Å². The van der Waals surface area contributed by atoms with Crippen molar-refractivity contribution in [2.24, 2.45) is 0 Å². The molecule has 0 saturated heterocycles. The summed E-state index contributed by atoms with van der Waals surface area (Å²) in [5.74, 6) is 0.0911. The van der Waals surface area contributed by atoms with E-state index in [1.165, 1.54) is 23.0 Å². The monoisotopic (exact) mass is 419 g/mol. The fourth-order valence-corrected chi connectivity index (χ4v) is 2.88. The molecule has 10 heteroatoms. The van der Waals surface area contributed by atoms with Crippen molar-refractivity contribution in [3.8, 4) is 11.4 Å². The van der Waals surface area contributed by atoms with Gasteiger partial charge in [0.1, 0.15) is 0 Å². The van der Waals surface area contributed by atoms with E-state index in [-0.39, 0.29) is 24.4 Å². The van der Waals surface area contributed by atoms with E-state index in [9.17, 15) is 23.1 Å². The van der Waals surface area contributed by atoms with Crippen LogP contribution in [0.1, 0.15) is 30.1 Å². The molecule has 0 aliphatic carbocycles. The van der Waals surface area contributed by atoms with Crippen molar-refractivity contribution in [3.05, 3.63) is 65.7 Å². The van der Waals surface area contributed by atoms with Crippen molar-refractivity contribution in [2.45, 2.75) is 31.7 Å². The number of benzene rings is 2. The first-order valence-electron chi connectivity index (χ1n) is 9.28. The van der Waals surface area contributed by atoms with Crippen LogP contribution in [0.4, 0.5) is 13.2 Å². The lowest BCUT2D eigenvalue weighted by molar-refractivity contribution is -0.139. The molecule has 0 spiro atoms. The van der Waals surface area contributed by atoms with E-state index in [2.05, 4.69) is 20.7 Å². The van der Waals surface area contributed by atoms with Crippen LogP contribution in [0.2, 0.25) is 0 Å². The van der Waals surface area contributed by atoms with Crippen LogP contribution < -0.4 is 5.32 Å². The smallest absolute Gasteiger partial charge is 0.387 e. The standard InChI is InChI=1S/C20H20F3N5O2/c21-20(22,23)16-10-5-4-9-15(16)17(29)13-24-18(30)11-6-12-28-26-19(25-27-28)14-7-2-1-3-8-14/h1-5,7-10,17,29H,6,11-13H2,(H,24,30). The van der Waals surface area contributed by atoms with Crippen molar-refractivity contribution in [2.75, 3.05) is 6.54 Å². The van der Waals surface area contributed by atoms with Crippen LogP contribution in [0.25, 0.3) is 11.4 Å². The topological polar surface area (TPSA) is 92.9 Å². The molecular formula is C20H20F3N5O2. The van der Waals surface area contributed by atoms with Gasteiger partial charge in [-0.1, -0.05) is 48.5 Å². The van der Waals surface area contributed by atoms with E-state index in [1.54, 1.807) is 0 Å². The summed E-state index contributed by atoms with van der Waals surface area (Å²) in [5, 5.41) is 24.7. The predicted molar refractivity (Wildman–Crippen MR) is 102 cm³/mol. The fourth-order valence-electron chi connectivity index (χ4n) is 2.88. The van der Waals surface area contributed by atoms with Gasteiger partial charge in [0.05, 0.1) is 18.2 Å². The Bertz CT molecular complexity index is 976. The van der Waals surface area contributed by atoms with E-state index in [0.717, 1.165) is 11.6 Å². The Labute approximate surface area is 170 Å². The fraction of sp³-hybridized carbons (Fsp3) is 0.300. The highest BCUT2D eigenvalue weighted by Crippen LogP contribution is 2.34. The zero-order chi connectivity index (χ0) is 21.6. The minimum Gasteiger partial charge on any atom is -0.387 e. The summed E-state index contributed by atoms with van der Waals surface area (Å²) in [6.45, 7) is 0.0401. The second-order valence-electron chi connectivity index (χ2n) is 6.58. The maximum atomic E-state index is 13.0. The van der Waals surface area contributed by atoms with Crippen molar-refractivity contribution in [1.29, 1.82) is 0 Å². The molecule has 0 saturated carbocycles. The lowest BCUT2D eigenvalue weighted by atomic mass is 10.0. The third kappa shape index (κ3) is 5.63. The number of rotatable bonds is 8. The largest absolute Gasteiger partial charge is 0.416 e. The third-order valence-corrected chi connectivity index (χ3v) is 4.36. The molecule has 0 aliphatic heterocycles. The minimum atomic E-state index is -4.58. The van der Waals surface area contributed by atoms with Gasteiger partial charge in [-0.3, -0.25) is 4.79 Å². The van der Waals surface area contributed by atoms with Gasteiger partial charge in [0, 0.05) is 18.5 Å². The number of amides is 1. The Morgan fingerprint density at radius 2 is 1.80 bits per heavy atom. The van der Waals surface area contributed by atoms with Crippen molar-refractivity contribution in [3.63, 3.8) is 0 Å². The van der Waals surface area contributed by atoms with Crippen molar-refractivity contribution >= 4 is 5.91 Å². The van der Waals surface area contributed by atoms with Crippen LogP contribution in [0, 0.1) is 0 Å². The summed E-state index contributed by atoms with van der Waals surface area (Å²) in [4.78, 5) is 13.3. The van der Waals surface area contributed by atoms with Crippen LogP contribution in [0.15, 0.2) is 54.6 Å². The van der Waals surface area contributed by atoms with Crippen LogP contribution >= 0.6 is 0 Å². The number of carbonyl (C=O) groups excluding carboxylic acids is 1. The zero-order valence-corrected chi connectivity index (χ0v) is 15.9. The molecule has 2 N–H and O–H groups in total. The van der Waals surface area contributed by atoms with E-state index in [1.807, 2.05) is 30.3 Å². The molecule has 1 heterocycles. The van der Waals surface area contributed by atoms with E-state index in [4.69, 9.17) is 0 Å². The summed E-state index contributed by atoms with van der Waals surface area (Å²) in [6.07, 6.45) is -5.52. The summed E-state index contributed by atoms with van der Waals surface area (Å²) in [6, 6.07) is 14.1. The molecule has 158 valence electrons. The first-order chi connectivity index (χ1) is 14.3. The molecule has 0 radical (unpaired) electrons. The highest BCUT2D eigenvalue weighted by Gasteiger charge is 2.34. The summed E-state index contributed by atoms with van der Waals surface area (Å²) in [7, 11) is 0. The number of alkyl halides is 3. The minimum absolute atomic E-state index is 0.107. The number of hydrogen-bond donors (Lipinski definition) is 2. The van der Waals surface area contributed by atoms with Gasteiger partial charge in [0.15, 0.2) is 0 Å². The molecule has 1 amide bonds. The normalized spacial score (nSPS) is 12.5. The second kappa shape index (κ2) is 9.49. The van der Waals surface area contributed by atoms with Crippen LogP contribution in [-0.2, 0) is 17.5 Å². The average Bonchev–Trinajstić information content (AvgIpc) is 3.21. The van der Waals surface area contributed by atoms with Gasteiger partial charge < -0.3 is 10.4 Å². The molecule has 0 aliphatic rings. The van der Waals surface area contributed by atoms with Gasteiger partial charge in [-0.15, -0.1) is 10.2 Å². The molecule has 1 aromatic heterocycles. The SMILES string of the molecule is O=C(CCCn1nnc(-c2ccccc2)n1)NCC(O)c1ccccc1C(F)(F)F. The number of hydrogen-bond acceptors (Lipinski definition) is 5. The number of nitrogens with zero attached hydrogens (tertiary/aromatic N) is 4. The number of aromatic nitrogens is 4. The van der Waals surface area contributed by atoms with Crippen molar-refractivity contribution < 1.29 is 23.1 Å². The molecule has 3 rings (SSSR count). The molecule has 0 fully saturated rings. The predicted octanol–water partition coefficient (Wildman–Crippen LogP) is 2.99. The molecule has 7 nitrogen and oxygen atoms in total. The average molecular weight is 419 g/mol. The maximum Gasteiger partial charge on any atom is 0.416 e. The third-order valence-electron chi connectivity index (χ3n) is 4.36. The van der Waals surface area contributed by atoms with Gasteiger partial charge in [-0.25, -0.2) is 0 Å². The van der Waals surface area contributed by atoms with Crippen LogP contribution in [-0.4, -0.2) is 37.8 Å². The number of carbonyl (C=O) groups is 1. The lowest BCUT2D eigenvalue weighted by Crippen LogP contribution is -2.29. The molecule has 1 atom stereocenters. The Morgan fingerprint density at radius 1 is 1.10 bits per heavy atom. The highest BCUT2D eigenvalue weighted by molar-refractivity contribution is 5.75. The van der Waals surface area contributed by atoms with Crippen molar-refractivity contribution in [1.82, 2.24) is 25.5 Å². The number of aryl methyl sites for hydroxylation is 1. The van der Waals surface area contributed by atoms with Crippen LogP contribution in [0.3, 0.4) is 0 Å². The maximum absolute atomic E-state index is 13.0. The summed E-state index contributed by atoms with van der Waals surface area (Å²) < 4.78 is 39.1. The van der Waals surface area contributed by atoms with E-state index < -0.39 is 17.8 Å².